The van der Waals surface area contributed by atoms with Crippen molar-refractivity contribution in [2.75, 3.05) is 11.4 Å². The highest BCUT2D eigenvalue weighted by atomic mass is 32.1. The van der Waals surface area contributed by atoms with Crippen molar-refractivity contribution >= 4 is 23.1 Å². The minimum Gasteiger partial charge on any atom is -0.507 e. The molecule has 1 amide bonds. The summed E-state index contributed by atoms with van der Waals surface area (Å²) in [6.45, 7) is 7.98. The molecule has 0 saturated carbocycles. The van der Waals surface area contributed by atoms with Crippen LogP contribution in [0.25, 0.3) is 10.4 Å². The number of likely N-dealkylation sites (tertiary alicyclic amines) is 1. The Kier molecular flexibility index (Phi) is 5.59. The normalized spacial score (nSPS) is 23.1. The summed E-state index contributed by atoms with van der Waals surface area (Å²) < 4.78 is 0. The van der Waals surface area contributed by atoms with Crippen LogP contribution in [0.3, 0.4) is 0 Å². The lowest BCUT2D eigenvalue weighted by atomic mass is 9.83. The Morgan fingerprint density at radius 1 is 1.21 bits per heavy atom. The number of pyridine rings is 1. The lowest BCUT2D eigenvalue weighted by Gasteiger charge is -2.47. The number of anilines is 1. The van der Waals surface area contributed by atoms with E-state index < -0.39 is 0 Å². The molecule has 0 aliphatic carbocycles. The number of phenolic OH excluding ortho intramolecular Hbond substituents is 1. The molecule has 5 rings (SSSR count). The average Bonchev–Trinajstić information content (AvgIpc) is 3.34. The summed E-state index contributed by atoms with van der Waals surface area (Å²) >= 11 is 1.66. The highest BCUT2D eigenvalue weighted by Crippen LogP contribution is 2.41. The van der Waals surface area contributed by atoms with Crippen molar-refractivity contribution in [3.63, 3.8) is 0 Å². The van der Waals surface area contributed by atoms with Gasteiger partial charge < -0.3 is 5.11 Å². The number of carbonyl (C=O) groups is 1. The van der Waals surface area contributed by atoms with Gasteiger partial charge >= 0.3 is 0 Å². The molecule has 3 aromatic rings. The molecule has 1 aromatic carbocycles. The summed E-state index contributed by atoms with van der Waals surface area (Å²) in [6, 6.07) is 14.2. The van der Waals surface area contributed by atoms with E-state index in [1.54, 1.807) is 17.4 Å². The Hall–Kier alpha value is -2.96. The van der Waals surface area contributed by atoms with Crippen LogP contribution in [0.15, 0.2) is 60.0 Å². The molecule has 33 heavy (non-hydrogen) atoms. The quantitative estimate of drug-likeness (QED) is 0.563. The molecule has 5 nitrogen and oxygen atoms in total. The number of phenols is 1. The molecule has 0 bridgehead atoms. The fraction of sp³-hybridized carbons (Fsp3) is 0.333. The minimum absolute atomic E-state index is 0.0169. The van der Waals surface area contributed by atoms with Gasteiger partial charge in [0, 0.05) is 41.3 Å². The molecule has 1 fully saturated rings. The zero-order valence-corrected chi connectivity index (χ0v) is 20.1. The van der Waals surface area contributed by atoms with E-state index in [-0.39, 0.29) is 11.4 Å². The molecule has 0 unspecified atom stereocenters. The van der Waals surface area contributed by atoms with E-state index in [2.05, 4.69) is 47.3 Å². The Bertz CT molecular complexity index is 1230. The first-order valence-corrected chi connectivity index (χ1v) is 12.3. The molecule has 1 spiro atoms. The summed E-state index contributed by atoms with van der Waals surface area (Å²) in [7, 11) is 0. The van der Waals surface area contributed by atoms with Gasteiger partial charge in [0.2, 0.25) is 0 Å². The van der Waals surface area contributed by atoms with Crippen LogP contribution in [0.4, 0.5) is 5.82 Å². The topological polar surface area (TPSA) is 56.7 Å². The fourth-order valence-electron chi connectivity index (χ4n) is 5.23. The smallest absolute Gasteiger partial charge is 0.252 e. The van der Waals surface area contributed by atoms with Crippen molar-refractivity contribution in [1.82, 2.24) is 9.88 Å². The van der Waals surface area contributed by atoms with E-state index in [9.17, 15) is 9.90 Å². The van der Waals surface area contributed by atoms with Crippen LogP contribution in [-0.4, -0.2) is 39.0 Å². The van der Waals surface area contributed by atoms with Crippen molar-refractivity contribution in [3.8, 4) is 16.2 Å². The Balaban J connectivity index is 1.36. The summed E-state index contributed by atoms with van der Waals surface area (Å²) in [5, 5.41) is 12.5. The van der Waals surface area contributed by atoms with Gasteiger partial charge in [-0.25, -0.2) is 4.98 Å². The first-order valence-electron chi connectivity index (χ1n) is 11.4. The van der Waals surface area contributed by atoms with Gasteiger partial charge in [-0.05, 0) is 80.5 Å². The second kappa shape index (κ2) is 8.43. The number of rotatable bonds is 4. The van der Waals surface area contributed by atoms with E-state index in [0.29, 0.717) is 11.8 Å². The number of aryl methyl sites for hydroxylation is 2. The molecule has 1 N–H and O–H groups in total. The van der Waals surface area contributed by atoms with Crippen LogP contribution in [0, 0.1) is 13.8 Å². The summed E-state index contributed by atoms with van der Waals surface area (Å²) in [6.07, 6.45) is 5.53. The van der Waals surface area contributed by atoms with Crippen LogP contribution in [0.2, 0.25) is 0 Å². The van der Waals surface area contributed by atoms with Crippen LogP contribution in [-0.2, 0) is 11.3 Å². The number of hydrogen-bond acceptors (Lipinski definition) is 5. The molecule has 2 aliphatic heterocycles. The molecule has 2 aliphatic rings. The molecular weight excluding hydrogens is 430 g/mol. The van der Waals surface area contributed by atoms with E-state index >= 15 is 0 Å². The Labute approximate surface area is 199 Å². The predicted octanol–water partition coefficient (Wildman–Crippen LogP) is 5.46. The van der Waals surface area contributed by atoms with Crippen LogP contribution in [0.1, 0.15) is 36.6 Å². The maximum absolute atomic E-state index is 12.8. The maximum atomic E-state index is 12.8. The summed E-state index contributed by atoms with van der Waals surface area (Å²) in [4.78, 5) is 22.9. The second-order valence-electron chi connectivity index (χ2n) is 9.31. The summed E-state index contributed by atoms with van der Waals surface area (Å²) in [5.41, 5.74) is 3.87. The highest BCUT2D eigenvalue weighted by molar-refractivity contribution is 7.13. The molecule has 170 valence electrons. The fourth-order valence-corrected chi connectivity index (χ4v) is 6.18. The number of nitrogens with zero attached hydrogens (tertiary/aromatic N) is 3. The van der Waals surface area contributed by atoms with Gasteiger partial charge in [-0.15, -0.1) is 11.3 Å². The van der Waals surface area contributed by atoms with Crippen LogP contribution >= 0.6 is 11.3 Å². The first kappa shape index (κ1) is 21.9. The standard InChI is InChI=1S/C27H29N3O2S/c1-18-10-14-33-26(18)22-15-21(7-8-23(22)31)17-29-13-12-27(16-20(29)3)11-9-25(32)30(27)24-6-4-5-19(2)28-24/h4-11,14-15,20,31H,12-13,16-17H2,1-3H3/t20-,27+/m0/s1. The van der Waals surface area contributed by atoms with Gasteiger partial charge in [-0.3, -0.25) is 14.6 Å². The third-order valence-corrected chi connectivity index (χ3v) is 8.01. The Morgan fingerprint density at radius 3 is 2.79 bits per heavy atom. The van der Waals surface area contributed by atoms with E-state index in [1.165, 1.54) is 11.1 Å². The number of amides is 1. The SMILES string of the molecule is Cc1cccc(N2C(=O)C=C[C@]23CCN(Cc2ccc(O)c(-c4sccc4C)c2)[C@@H](C)C3)n1. The number of hydrogen-bond donors (Lipinski definition) is 1. The van der Waals surface area contributed by atoms with Gasteiger partial charge in [0.05, 0.1) is 5.54 Å². The number of aromatic nitrogens is 1. The molecule has 1 saturated heterocycles. The van der Waals surface area contributed by atoms with Crippen molar-refractivity contribution in [2.24, 2.45) is 0 Å². The van der Waals surface area contributed by atoms with Gasteiger partial charge in [0.25, 0.3) is 5.91 Å². The summed E-state index contributed by atoms with van der Waals surface area (Å²) in [5.74, 6) is 1.08. The number of carbonyl (C=O) groups excluding carboxylic acids is 1. The van der Waals surface area contributed by atoms with E-state index in [1.807, 2.05) is 42.2 Å². The van der Waals surface area contributed by atoms with Crippen LogP contribution in [0.5, 0.6) is 5.75 Å². The molecule has 4 heterocycles. The molecule has 0 radical (unpaired) electrons. The lowest BCUT2D eigenvalue weighted by molar-refractivity contribution is -0.114. The van der Waals surface area contributed by atoms with Crippen LogP contribution < -0.4 is 4.90 Å². The van der Waals surface area contributed by atoms with Gasteiger partial charge in [0.1, 0.15) is 11.6 Å². The number of thiophene rings is 1. The number of benzene rings is 1. The number of piperidine rings is 1. The van der Waals surface area contributed by atoms with E-state index in [4.69, 9.17) is 0 Å². The van der Waals surface area contributed by atoms with Gasteiger partial charge in [-0.1, -0.05) is 18.2 Å². The zero-order valence-electron chi connectivity index (χ0n) is 19.3. The van der Waals surface area contributed by atoms with Crippen molar-refractivity contribution in [3.05, 3.63) is 76.8 Å². The third-order valence-electron chi connectivity index (χ3n) is 6.96. The largest absolute Gasteiger partial charge is 0.507 e. The van der Waals surface area contributed by atoms with Gasteiger partial charge in [0.15, 0.2) is 0 Å². The second-order valence-corrected chi connectivity index (χ2v) is 10.2. The van der Waals surface area contributed by atoms with Gasteiger partial charge in [-0.2, -0.15) is 0 Å². The van der Waals surface area contributed by atoms with Crippen molar-refractivity contribution in [2.45, 2.75) is 51.7 Å². The van der Waals surface area contributed by atoms with Crippen molar-refractivity contribution < 1.29 is 9.90 Å². The maximum Gasteiger partial charge on any atom is 0.252 e. The van der Waals surface area contributed by atoms with Crippen molar-refractivity contribution in [1.29, 1.82) is 0 Å². The minimum atomic E-state index is -0.317. The molecular formula is C27H29N3O2S. The molecule has 2 aromatic heterocycles. The van der Waals surface area contributed by atoms with E-state index in [0.717, 1.165) is 47.9 Å². The third kappa shape index (κ3) is 3.98. The lowest BCUT2D eigenvalue weighted by Crippen LogP contribution is -2.56. The average molecular weight is 460 g/mol. The predicted molar refractivity (Wildman–Crippen MR) is 134 cm³/mol. The Morgan fingerprint density at radius 2 is 2.06 bits per heavy atom. The zero-order chi connectivity index (χ0) is 23.2. The molecule has 6 heteroatoms. The molecule has 2 atom stereocenters. The highest BCUT2D eigenvalue weighted by Gasteiger charge is 2.47. The monoisotopic (exact) mass is 459 g/mol. The first-order chi connectivity index (χ1) is 15.9. The number of aromatic hydroxyl groups is 1.